The molecule has 3 aromatic rings. The second-order valence-corrected chi connectivity index (χ2v) is 7.11. The van der Waals surface area contributed by atoms with Gasteiger partial charge in [-0.1, -0.05) is 24.3 Å². The molecule has 0 unspecified atom stereocenters. The first-order valence-corrected chi connectivity index (χ1v) is 10.0. The quantitative estimate of drug-likeness (QED) is 0.576. The van der Waals surface area contributed by atoms with Gasteiger partial charge in [0.2, 0.25) is 0 Å². The van der Waals surface area contributed by atoms with E-state index < -0.39 is 0 Å². The molecule has 5 nitrogen and oxygen atoms in total. The molecule has 3 aromatic carbocycles. The highest BCUT2D eigenvalue weighted by Gasteiger charge is 2.16. The van der Waals surface area contributed by atoms with Crippen molar-refractivity contribution in [2.75, 3.05) is 16.8 Å². The Labute approximate surface area is 177 Å². The molecule has 0 radical (unpaired) electrons. The van der Waals surface area contributed by atoms with Gasteiger partial charge in [-0.25, -0.2) is 0 Å². The predicted molar refractivity (Wildman–Crippen MR) is 120 cm³/mol. The number of benzene rings is 3. The average molecular weight is 402 g/mol. The second kappa shape index (κ2) is 9.74. The summed E-state index contributed by atoms with van der Waals surface area (Å²) in [4.78, 5) is 27.2. The number of rotatable bonds is 7. The Morgan fingerprint density at radius 2 is 1.60 bits per heavy atom. The highest BCUT2D eigenvalue weighted by Crippen LogP contribution is 2.19. The van der Waals surface area contributed by atoms with Crippen molar-refractivity contribution in [2.45, 2.75) is 26.9 Å². The van der Waals surface area contributed by atoms with Crippen LogP contribution < -0.4 is 15.0 Å². The summed E-state index contributed by atoms with van der Waals surface area (Å²) < 4.78 is 5.64. The molecule has 0 aliphatic carbocycles. The number of nitrogens with one attached hydrogen (secondary N) is 1. The summed E-state index contributed by atoms with van der Waals surface area (Å²) in [5.41, 5.74) is 2.54. The summed E-state index contributed by atoms with van der Waals surface area (Å²) in [6, 6.07) is 23.5. The Kier molecular flexibility index (Phi) is 6.86. The lowest BCUT2D eigenvalue weighted by atomic mass is 10.1. The maximum Gasteiger partial charge on any atom is 0.258 e. The summed E-state index contributed by atoms with van der Waals surface area (Å²) in [5, 5.41) is 2.86. The van der Waals surface area contributed by atoms with E-state index >= 15 is 0 Å². The Hall–Kier alpha value is -3.60. The van der Waals surface area contributed by atoms with Gasteiger partial charge in [0.1, 0.15) is 5.75 Å². The van der Waals surface area contributed by atoms with Gasteiger partial charge in [-0.15, -0.1) is 0 Å². The molecule has 0 saturated heterocycles. The number of hydrogen-bond acceptors (Lipinski definition) is 3. The van der Waals surface area contributed by atoms with Crippen molar-refractivity contribution < 1.29 is 14.3 Å². The summed E-state index contributed by atoms with van der Waals surface area (Å²) in [7, 11) is 0. The highest BCUT2D eigenvalue weighted by atomic mass is 16.5. The first kappa shape index (κ1) is 21.1. The first-order chi connectivity index (χ1) is 14.5. The van der Waals surface area contributed by atoms with Crippen molar-refractivity contribution in [3.63, 3.8) is 0 Å². The molecule has 0 saturated carbocycles. The van der Waals surface area contributed by atoms with E-state index in [1.807, 2.05) is 57.2 Å². The lowest BCUT2D eigenvalue weighted by molar-refractivity contribution is 0.0987. The van der Waals surface area contributed by atoms with Gasteiger partial charge in [-0.05, 0) is 75.4 Å². The summed E-state index contributed by atoms with van der Waals surface area (Å²) in [6.07, 6.45) is 0.0342. The van der Waals surface area contributed by atoms with Gasteiger partial charge < -0.3 is 15.0 Å². The number of carbonyl (C=O) groups excluding carboxylic acids is 2. The van der Waals surface area contributed by atoms with Crippen molar-refractivity contribution in [3.05, 3.63) is 90.0 Å². The molecule has 0 fully saturated rings. The van der Waals surface area contributed by atoms with Crippen LogP contribution in [0.3, 0.4) is 0 Å². The molecule has 3 rings (SSSR count). The van der Waals surface area contributed by atoms with Crippen molar-refractivity contribution in [1.29, 1.82) is 0 Å². The number of amides is 2. The SMILES string of the molecule is CCN(C(=O)c1ccc(NC(=O)c2cccc(OC(C)C)c2)cc1)c1ccccc1. The number of ether oxygens (including phenoxy) is 1. The minimum absolute atomic E-state index is 0.0342. The van der Waals surface area contributed by atoms with Gasteiger partial charge >= 0.3 is 0 Å². The molecule has 2 amide bonds. The normalized spacial score (nSPS) is 10.5. The average Bonchev–Trinajstić information content (AvgIpc) is 2.75. The van der Waals surface area contributed by atoms with Crippen LogP contribution in [0.5, 0.6) is 5.75 Å². The number of anilines is 2. The summed E-state index contributed by atoms with van der Waals surface area (Å²) >= 11 is 0. The molecule has 0 aliphatic heterocycles. The van der Waals surface area contributed by atoms with E-state index in [9.17, 15) is 9.59 Å². The highest BCUT2D eigenvalue weighted by molar-refractivity contribution is 6.07. The lowest BCUT2D eigenvalue weighted by Crippen LogP contribution is -2.30. The monoisotopic (exact) mass is 402 g/mol. The Morgan fingerprint density at radius 3 is 2.23 bits per heavy atom. The number of nitrogens with zero attached hydrogens (tertiary/aromatic N) is 1. The molecule has 30 heavy (non-hydrogen) atoms. The van der Waals surface area contributed by atoms with Gasteiger partial charge in [-0.2, -0.15) is 0 Å². The van der Waals surface area contributed by atoms with E-state index in [-0.39, 0.29) is 17.9 Å². The smallest absolute Gasteiger partial charge is 0.258 e. The van der Waals surface area contributed by atoms with E-state index in [2.05, 4.69) is 5.32 Å². The largest absolute Gasteiger partial charge is 0.491 e. The zero-order valence-electron chi connectivity index (χ0n) is 17.5. The third kappa shape index (κ3) is 5.26. The molecular weight excluding hydrogens is 376 g/mol. The molecule has 0 heterocycles. The predicted octanol–water partition coefficient (Wildman–Crippen LogP) is 5.39. The van der Waals surface area contributed by atoms with Gasteiger partial charge in [0.05, 0.1) is 6.10 Å². The van der Waals surface area contributed by atoms with Crippen LogP contribution >= 0.6 is 0 Å². The van der Waals surface area contributed by atoms with E-state index in [1.54, 1.807) is 47.4 Å². The second-order valence-electron chi connectivity index (χ2n) is 7.11. The third-order valence-corrected chi connectivity index (χ3v) is 4.49. The van der Waals surface area contributed by atoms with E-state index in [4.69, 9.17) is 4.74 Å². The third-order valence-electron chi connectivity index (χ3n) is 4.49. The van der Waals surface area contributed by atoms with Gasteiger partial charge in [0.15, 0.2) is 0 Å². The molecule has 0 atom stereocenters. The van der Waals surface area contributed by atoms with Crippen molar-refractivity contribution >= 4 is 23.2 Å². The summed E-state index contributed by atoms with van der Waals surface area (Å²) in [6.45, 7) is 6.38. The number of para-hydroxylation sites is 1. The van der Waals surface area contributed by atoms with E-state index in [0.717, 1.165) is 5.69 Å². The molecule has 5 heteroatoms. The first-order valence-electron chi connectivity index (χ1n) is 10.0. The fraction of sp³-hybridized carbons (Fsp3) is 0.200. The molecule has 154 valence electrons. The lowest BCUT2D eigenvalue weighted by Gasteiger charge is -2.21. The molecule has 0 aliphatic rings. The topological polar surface area (TPSA) is 58.6 Å². The zero-order valence-corrected chi connectivity index (χ0v) is 17.5. The molecule has 0 spiro atoms. The fourth-order valence-corrected chi connectivity index (χ4v) is 3.09. The standard InChI is InChI=1S/C25H26N2O3/c1-4-27(22-10-6-5-7-11-22)25(29)19-13-15-21(16-14-19)26-24(28)20-9-8-12-23(17-20)30-18(2)3/h5-18H,4H2,1-3H3,(H,26,28). The van der Waals surface area contributed by atoms with Gasteiger partial charge in [-0.3, -0.25) is 9.59 Å². The fourth-order valence-electron chi connectivity index (χ4n) is 3.09. The van der Waals surface area contributed by atoms with E-state index in [0.29, 0.717) is 29.1 Å². The van der Waals surface area contributed by atoms with Crippen LogP contribution in [0.4, 0.5) is 11.4 Å². The molecule has 0 bridgehead atoms. The van der Waals surface area contributed by atoms with Crippen LogP contribution in [0.25, 0.3) is 0 Å². The maximum atomic E-state index is 12.9. The minimum atomic E-state index is -0.234. The van der Waals surface area contributed by atoms with Crippen LogP contribution in [0, 0.1) is 0 Å². The Morgan fingerprint density at radius 1 is 0.900 bits per heavy atom. The van der Waals surface area contributed by atoms with Crippen LogP contribution in [-0.2, 0) is 0 Å². The minimum Gasteiger partial charge on any atom is -0.491 e. The summed E-state index contributed by atoms with van der Waals surface area (Å²) in [5.74, 6) is 0.335. The van der Waals surface area contributed by atoms with Crippen LogP contribution in [0.15, 0.2) is 78.9 Å². The van der Waals surface area contributed by atoms with E-state index in [1.165, 1.54) is 0 Å². The zero-order chi connectivity index (χ0) is 21.5. The number of hydrogen-bond donors (Lipinski definition) is 1. The maximum absolute atomic E-state index is 12.9. The van der Waals surface area contributed by atoms with Crippen LogP contribution in [0.2, 0.25) is 0 Å². The van der Waals surface area contributed by atoms with Gasteiger partial charge in [0.25, 0.3) is 11.8 Å². The Balaban J connectivity index is 1.70. The molecule has 1 N–H and O–H groups in total. The van der Waals surface area contributed by atoms with Gasteiger partial charge in [0, 0.05) is 29.0 Å². The number of carbonyl (C=O) groups is 2. The van der Waals surface area contributed by atoms with Crippen LogP contribution in [-0.4, -0.2) is 24.5 Å². The van der Waals surface area contributed by atoms with Crippen molar-refractivity contribution in [1.82, 2.24) is 0 Å². The molecular formula is C25H26N2O3. The van der Waals surface area contributed by atoms with Crippen molar-refractivity contribution in [2.24, 2.45) is 0 Å². The van der Waals surface area contributed by atoms with Crippen molar-refractivity contribution in [3.8, 4) is 5.75 Å². The Bertz CT molecular complexity index is 998. The molecule has 0 aromatic heterocycles. The van der Waals surface area contributed by atoms with Crippen LogP contribution in [0.1, 0.15) is 41.5 Å².